The van der Waals surface area contributed by atoms with Gasteiger partial charge in [-0.3, -0.25) is 4.79 Å². The van der Waals surface area contributed by atoms with Crippen LogP contribution in [0.2, 0.25) is 0 Å². The predicted molar refractivity (Wildman–Crippen MR) is 97.0 cm³/mol. The summed E-state index contributed by atoms with van der Waals surface area (Å²) in [6.07, 6.45) is 1.55. The van der Waals surface area contributed by atoms with Gasteiger partial charge in [0.25, 0.3) is 15.6 Å². The molecule has 0 spiro atoms. The Morgan fingerprint density at radius 1 is 0.917 bits per heavy atom. The van der Waals surface area contributed by atoms with Crippen molar-refractivity contribution < 1.29 is 8.42 Å². The fraction of sp³-hybridized carbons (Fsp3) is 0.278. The maximum Gasteiger partial charge on any atom is 0.268 e. The van der Waals surface area contributed by atoms with Gasteiger partial charge in [-0.1, -0.05) is 31.5 Å². The van der Waals surface area contributed by atoms with Gasteiger partial charge in [0.15, 0.2) is 0 Å². The van der Waals surface area contributed by atoms with Crippen LogP contribution in [0.25, 0.3) is 11.0 Å². The summed E-state index contributed by atoms with van der Waals surface area (Å²) in [7, 11) is -2.05. The second-order valence-electron chi connectivity index (χ2n) is 5.39. The fourth-order valence-corrected chi connectivity index (χ4v) is 4.01. The monoisotopic (exact) mass is 346 g/mol. The fourth-order valence-electron chi connectivity index (χ4n) is 2.60. The second-order valence-corrected chi connectivity index (χ2v) is 7.21. The van der Waals surface area contributed by atoms with Crippen LogP contribution >= 0.6 is 0 Å². The molecule has 24 heavy (non-hydrogen) atoms. The number of hydrogen-bond acceptors (Lipinski definition) is 3. The van der Waals surface area contributed by atoms with Crippen molar-refractivity contribution in [1.82, 2.24) is 8.54 Å². The van der Waals surface area contributed by atoms with Crippen molar-refractivity contribution in [3.8, 4) is 0 Å². The van der Waals surface area contributed by atoms with E-state index in [4.69, 9.17) is 0 Å². The zero-order valence-electron chi connectivity index (χ0n) is 14.6. The largest absolute Gasteiger partial charge is 0.310 e. The Labute approximate surface area is 142 Å². The minimum Gasteiger partial charge on any atom is -0.310 e. The molecule has 0 N–H and O–H groups in total. The Morgan fingerprint density at radius 3 is 2.08 bits per heavy atom. The number of rotatable bonds is 2. The number of nitrogens with zero attached hydrogens (tertiary/aromatic N) is 2. The van der Waals surface area contributed by atoms with Gasteiger partial charge >= 0.3 is 0 Å². The van der Waals surface area contributed by atoms with Gasteiger partial charge in [-0.15, -0.1) is 0 Å². The van der Waals surface area contributed by atoms with Gasteiger partial charge in [-0.25, -0.2) is 12.4 Å². The average Bonchev–Trinajstić information content (AvgIpc) is 2.91. The Hall–Kier alpha value is -2.34. The first-order valence-electron chi connectivity index (χ1n) is 7.82. The maximum atomic E-state index is 12.8. The molecule has 0 amide bonds. The first kappa shape index (κ1) is 18.0. The summed E-state index contributed by atoms with van der Waals surface area (Å²) < 4.78 is 28.4. The molecule has 3 aromatic rings. The number of pyridine rings is 1. The highest BCUT2D eigenvalue weighted by atomic mass is 32.2. The first-order chi connectivity index (χ1) is 11.3. The predicted octanol–water partition coefficient (Wildman–Crippen LogP) is 3.22. The quantitative estimate of drug-likeness (QED) is 0.716. The van der Waals surface area contributed by atoms with Crippen LogP contribution in [0.1, 0.15) is 25.0 Å². The summed E-state index contributed by atoms with van der Waals surface area (Å²) >= 11 is 0. The third-order valence-electron chi connectivity index (χ3n) is 3.79. The molecule has 2 heterocycles. The maximum absolute atomic E-state index is 12.8. The lowest BCUT2D eigenvalue weighted by molar-refractivity contribution is 0.589. The Morgan fingerprint density at radius 2 is 1.50 bits per heavy atom. The van der Waals surface area contributed by atoms with E-state index in [9.17, 15) is 13.2 Å². The first-order valence-corrected chi connectivity index (χ1v) is 9.26. The van der Waals surface area contributed by atoms with Crippen molar-refractivity contribution >= 4 is 21.1 Å². The molecule has 0 saturated carbocycles. The van der Waals surface area contributed by atoms with Crippen molar-refractivity contribution in [2.45, 2.75) is 32.6 Å². The molecule has 6 heteroatoms. The van der Waals surface area contributed by atoms with Gasteiger partial charge in [0.05, 0.1) is 15.9 Å². The standard InChI is InChI=1S/C16H16N2O3S.C2H6/c1-11-4-6-13(7-5-11)22(20,21)18-10-12(2)16-14(18)8-9-15(19)17(16)3;1-2/h4-10H,1-3H3;1-2H3. The molecule has 0 aliphatic carbocycles. The Balaban J connectivity index is 0.00000100. The van der Waals surface area contributed by atoms with Crippen LogP contribution in [0.3, 0.4) is 0 Å². The minimum absolute atomic E-state index is 0.166. The van der Waals surface area contributed by atoms with Crippen LogP contribution in [0, 0.1) is 13.8 Å². The number of aromatic nitrogens is 2. The topological polar surface area (TPSA) is 61.1 Å². The molecule has 0 radical (unpaired) electrons. The molecular formula is C18H22N2O3S. The van der Waals surface area contributed by atoms with Gasteiger partial charge in [0.2, 0.25) is 0 Å². The Kier molecular flexibility index (Phi) is 4.99. The van der Waals surface area contributed by atoms with Crippen molar-refractivity contribution in [2.24, 2.45) is 7.05 Å². The average molecular weight is 346 g/mol. The molecule has 0 aliphatic heterocycles. The van der Waals surface area contributed by atoms with Crippen molar-refractivity contribution in [2.75, 3.05) is 0 Å². The molecule has 2 aromatic heterocycles. The van der Waals surface area contributed by atoms with E-state index < -0.39 is 10.0 Å². The van der Waals surface area contributed by atoms with Crippen LogP contribution in [-0.2, 0) is 17.1 Å². The molecule has 0 saturated heterocycles. The highest BCUT2D eigenvalue weighted by molar-refractivity contribution is 7.90. The molecule has 1 aromatic carbocycles. The van der Waals surface area contributed by atoms with E-state index in [2.05, 4.69) is 0 Å². The summed E-state index contributed by atoms with van der Waals surface area (Å²) in [5, 5.41) is 0. The molecular weight excluding hydrogens is 324 g/mol. The third-order valence-corrected chi connectivity index (χ3v) is 5.48. The number of hydrogen-bond donors (Lipinski definition) is 0. The van der Waals surface area contributed by atoms with Crippen molar-refractivity contribution in [1.29, 1.82) is 0 Å². The van der Waals surface area contributed by atoms with Gasteiger partial charge in [-0.2, -0.15) is 0 Å². The Bertz CT molecular complexity index is 1030. The van der Waals surface area contributed by atoms with E-state index in [0.717, 1.165) is 11.1 Å². The van der Waals surface area contributed by atoms with E-state index in [-0.39, 0.29) is 10.5 Å². The molecule has 5 nitrogen and oxygen atoms in total. The molecule has 0 bridgehead atoms. The SMILES string of the molecule is CC.Cc1ccc(S(=O)(=O)n2cc(C)c3c2ccc(=O)n3C)cc1. The molecule has 3 rings (SSSR count). The normalized spacial score (nSPS) is 11.2. The molecule has 0 aliphatic rings. The van der Waals surface area contributed by atoms with Crippen LogP contribution in [0.5, 0.6) is 0 Å². The highest BCUT2D eigenvalue weighted by Gasteiger charge is 2.21. The smallest absolute Gasteiger partial charge is 0.268 e. The van der Waals surface area contributed by atoms with Crippen LogP contribution in [0.4, 0.5) is 0 Å². The van der Waals surface area contributed by atoms with E-state index >= 15 is 0 Å². The van der Waals surface area contributed by atoms with Gasteiger partial charge in [0.1, 0.15) is 0 Å². The lowest BCUT2D eigenvalue weighted by atomic mass is 10.2. The van der Waals surface area contributed by atoms with Gasteiger partial charge < -0.3 is 4.57 Å². The summed E-state index contributed by atoms with van der Waals surface area (Å²) in [5.74, 6) is 0. The van der Waals surface area contributed by atoms with E-state index in [0.29, 0.717) is 11.0 Å². The van der Waals surface area contributed by atoms with Crippen LogP contribution < -0.4 is 5.56 Å². The second kappa shape index (κ2) is 6.65. The van der Waals surface area contributed by atoms with E-state index in [1.54, 1.807) is 50.5 Å². The van der Waals surface area contributed by atoms with Crippen molar-refractivity contribution in [3.05, 3.63) is 64.1 Å². The van der Waals surface area contributed by atoms with E-state index in [1.807, 2.05) is 20.8 Å². The zero-order chi connectivity index (χ0) is 18.1. The molecule has 0 unspecified atom stereocenters. The van der Waals surface area contributed by atoms with Crippen LogP contribution in [-0.4, -0.2) is 17.0 Å². The van der Waals surface area contributed by atoms with Crippen molar-refractivity contribution in [3.63, 3.8) is 0 Å². The van der Waals surface area contributed by atoms with Crippen LogP contribution in [0.15, 0.2) is 52.3 Å². The zero-order valence-corrected chi connectivity index (χ0v) is 15.4. The number of fused-ring (bicyclic) bond motifs is 1. The van der Waals surface area contributed by atoms with Gasteiger partial charge in [-0.05, 0) is 37.6 Å². The minimum atomic E-state index is -3.69. The lowest BCUT2D eigenvalue weighted by Crippen LogP contribution is -2.17. The highest BCUT2D eigenvalue weighted by Crippen LogP contribution is 2.24. The molecule has 0 fully saturated rings. The summed E-state index contributed by atoms with van der Waals surface area (Å²) in [6, 6.07) is 9.64. The summed E-state index contributed by atoms with van der Waals surface area (Å²) in [5.41, 5.74) is 2.70. The summed E-state index contributed by atoms with van der Waals surface area (Å²) in [6.45, 7) is 7.70. The third kappa shape index (κ3) is 2.89. The number of aryl methyl sites for hydroxylation is 3. The lowest BCUT2D eigenvalue weighted by Gasteiger charge is -2.08. The van der Waals surface area contributed by atoms with Gasteiger partial charge in [0, 0.05) is 19.3 Å². The molecule has 0 atom stereocenters. The summed E-state index contributed by atoms with van der Waals surface area (Å²) in [4.78, 5) is 12.0. The number of benzene rings is 1. The molecule has 128 valence electrons. The van der Waals surface area contributed by atoms with E-state index in [1.165, 1.54) is 14.6 Å².